The third kappa shape index (κ3) is 5.06. The molecule has 0 aromatic heterocycles. The van der Waals surface area contributed by atoms with Crippen LogP contribution in [0.4, 0.5) is 0 Å². The summed E-state index contributed by atoms with van der Waals surface area (Å²) in [6.45, 7) is 6.36. The Balaban J connectivity index is 1.82. The molecule has 3 atom stereocenters. The molecule has 0 radical (unpaired) electrons. The molecule has 7 nitrogen and oxygen atoms in total. The third-order valence-electron chi connectivity index (χ3n) is 7.52. The summed E-state index contributed by atoms with van der Waals surface area (Å²) >= 11 is 0. The van der Waals surface area contributed by atoms with E-state index < -0.39 is 23.8 Å². The molecule has 194 valence electrons. The number of dihydropyridines is 1. The van der Waals surface area contributed by atoms with Crippen LogP contribution in [0.1, 0.15) is 77.2 Å². The molecule has 4 rings (SSSR count). The molecule has 1 aromatic carbocycles. The summed E-state index contributed by atoms with van der Waals surface area (Å²) in [5, 5.41) is 3.33. The highest BCUT2D eigenvalue weighted by Gasteiger charge is 2.48. The average molecular weight is 496 g/mol. The van der Waals surface area contributed by atoms with Crippen LogP contribution in [0.5, 0.6) is 5.75 Å². The van der Waals surface area contributed by atoms with Crippen molar-refractivity contribution in [2.24, 2.45) is 11.8 Å². The molecule has 0 bridgehead atoms. The Bertz CT molecular complexity index is 1080. The maximum atomic E-state index is 13.9. The van der Waals surface area contributed by atoms with Gasteiger partial charge in [-0.05, 0) is 57.4 Å². The monoisotopic (exact) mass is 495 g/mol. The highest BCUT2D eigenvalue weighted by atomic mass is 16.5. The first-order chi connectivity index (χ1) is 17.4. The number of carbonyl (C=O) groups is 3. The summed E-state index contributed by atoms with van der Waals surface area (Å²) in [5.74, 6) is -2.50. The summed E-state index contributed by atoms with van der Waals surface area (Å²) in [6, 6.07) is 7.54. The molecule has 3 aliphatic rings. The Hall–Kier alpha value is -3.09. The second kappa shape index (κ2) is 11.3. The quantitative estimate of drug-likeness (QED) is 0.309. The zero-order valence-electron chi connectivity index (χ0n) is 21.7. The van der Waals surface area contributed by atoms with Crippen molar-refractivity contribution >= 4 is 17.7 Å². The predicted octanol–water partition coefficient (Wildman–Crippen LogP) is 4.96. The van der Waals surface area contributed by atoms with E-state index in [0.717, 1.165) is 49.8 Å². The van der Waals surface area contributed by atoms with Crippen LogP contribution in [-0.2, 0) is 23.9 Å². The van der Waals surface area contributed by atoms with E-state index >= 15 is 0 Å². The number of rotatable bonds is 8. The molecule has 36 heavy (non-hydrogen) atoms. The van der Waals surface area contributed by atoms with Gasteiger partial charge in [0.2, 0.25) is 0 Å². The van der Waals surface area contributed by atoms with Gasteiger partial charge >= 0.3 is 11.9 Å². The minimum Gasteiger partial charge on any atom is -0.493 e. The highest BCUT2D eigenvalue weighted by molar-refractivity contribution is 6.12. The number of ether oxygens (including phenoxy) is 3. The normalized spacial score (nSPS) is 24.3. The zero-order chi connectivity index (χ0) is 25.8. The lowest BCUT2D eigenvalue weighted by Crippen LogP contribution is -2.43. The molecule has 1 N–H and O–H groups in total. The first kappa shape index (κ1) is 26.0. The van der Waals surface area contributed by atoms with Gasteiger partial charge in [0, 0.05) is 22.5 Å². The van der Waals surface area contributed by atoms with Crippen LogP contribution in [0.3, 0.4) is 0 Å². The SMILES string of the molecule is CCCCOc1ccccc1[C@H]1C(C(=O)OC2CCCC2)=C(C)NC2=C1C(=O)[C@H](C(=O)OC)[C@@H](C)C2. The summed E-state index contributed by atoms with van der Waals surface area (Å²) in [7, 11) is 1.30. The lowest BCUT2D eigenvalue weighted by Gasteiger charge is -2.38. The molecule has 1 heterocycles. The number of para-hydroxylation sites is 1. The van der Waals surface area contributed by atoms with E-state index in [2.05, 4.69) is 12.2 Å². The van der Waals surface area contributed by atoms with Crippen molar-refractivity contribution in [2.75, 3.05) is 13.7 Å². The van der Waals surface area contributed by atoms with Crippen molar-refractivity contribution < 1.29 is 28.6 Å². The number of methoxy groups -OCH3 is 1. The number of allylic oxidation sites excluding steroid dienone is 3. The first-order valence-corrected chi connectivity index (χ1v) is 13.1. The van der Waals surface area contributed by atoms with Crippen molar-refractivity contribution in [3.8, 4) is 5.75 Å². The summed E-state index contributed by atoms with van der Waals surface area (Å²) in [4.78, 5) is 40.2. The molecule has 1 fully saturated rings. The number of hydrogen-bond acceptors (Lipinski definition) is 7. The number of carbonyl (C=O) groups excluding carboxylic acids is 3. The molecule has 0 amide bonds. The van der Waals surface area contributed by atoms with E-state index in [9.17, 15) is 14.4 Å². The van der Waals surface area contributed by atoms with Crippen LogP contribution in [0.15, 0.2) is 46.8 Å². The van der Waals surface area contributed by atoms with Gasteiger partial charge in [-0.2, -0.15) is 0 Å². The second-order valence-electron chi connectivity index (χ2n) is 10.1. The van der Waals surface area contributed by atoms with E-state index in [0.29, 0.717) is 35.6 Å². The lowest BCUT2D eigenvalue weighted by atomic mass is 9.69. The van der Waals surface area contributed by atoms with Gasteiger partial charge in [-0.25, -0.2) is 4.79 Å². The van der Waals surface area contributed by atoms with Crippen LogP contribution in [0.2, 0.25) is 0 Å². The molecular weight excluding hydrogens is 458 g/mol. The predicted molar refractivity (Wildman–Crippen MR) is 135 cm³/mol. The number of hydrogen-bond donors (Lipinski definition) is 1. The van der Waals surface area contributed by atoms with Crippen molar-refractivity contribution in [1.82, 2.24) is 5.32 Å². The van der Waals surface area contributed by atoms with Crippen LogP contribution < -0.4 is 10.1 Å². The smallest absolute Gasteiger partial charge is 0.337 e. The van der Waals surface area contributed by atoms with E-state index in [1.807, 2.05) is 38.1 Å². The van der Waals surface area contributed by atoms with Gasteiger partial charge in [0.25, 0.3) is 0 Å². The Morgan fingerprint density at radius 3 is 2.56 bits per heavy atom. The maximum absolute atomic E-state index is 13.9. The minimum atomic E-state index is -0.920. The van der Waals surface area contributed by atoms with Crippen LogP contribution in [0.25, 0.3) is 0 Å². The number of ketones is 1. The Morgan fingerprint density at radius 2 is 1.86 bits per heavy atom. The van der Waals surface area contributed by atoms with Crippen molar-refractivity contribution in [3.63, 3.8) is 0 Å². The fourth-order valence-electron chi connectivity index (χ4n) is 5.66. The van der Waals surface area contributed by atoms with E-state index in [4.69, 9.17) is 14.2 Å². The molecule has 7 heteroatoms. The fraction of sp³-hybridized carbons (Fsp3) is 0.552. The third-order valence-corrected chi connectivity index (χ3v) is 7.52. The van der Waals surface area contributed by atoms with Gasteiger partial charge in [0.05, 0.1) is 25.2 Å². The summed E-state index contributed by atoms with van der Waals surface area (Å²) in [6.07, 6.45) is 6.04. The molecule has 2 aliphatic carbocycles. The van der Waals surface area contributed by atoms with E-state index in [1.54, 1.807) is 0 Å². The molecule has 0 unspecified atom stereocenters. The van der Waals surface area contributed by atoms with E-state index in [1.165, 1.54) is 7.11 Å². The van der Waals surface area contributed by atoms with Crippen LogP contribution in [-0.4, -0.2) is 37.5 Å². The van der Waals surface area contributed by atoms with Gasteiger partial charge in [-0.3, -0.25) is 9.59 Å². The Kier molecular flexibility index (Phi) is 8.17. The number of unbranched alkanes of at least 4 members (excludes halogenated alkanes) is 1. The Morgan fingerprint density at radius 1 is 1.14 bits per heavy atom. The van der Waals surface area contributed by atoms with Gasteiger partial charge in [-0.1, -0.05) is 38.5 Å². The van der Waals surface area contributed by atoms with Gasteiger partial charge in [0.15, 0.2) is 5.78 Å². The summed E-state index contributed by atoms with van der Waals surface area (Å²) in [5.41, 5.74) is 2.97. The fourth-order valence-corrected chi connectivity index (χ4v) is 5.66. The zero-order valence-corrected chi connectivity index (χ0v) is 21.7. The van der Waals surface area contributed by atoms with Gasteiger partial charge < -0.3 is 19.5 Å². The molecular formula is C29H37NO6. The van der Waals surface area contributed by atoms with Crippen molar-refractivity contribution in [3.05, 3.63) is 52.4 Å². The largest absolute Gasteiger partial charge is 0.493 e. The molecule has 1 aromatic rings. The molecule has 0 spiro atoms. The molecule has 1 saturated carbocycles. The molecule has 1 aliphatic heterocycles. The average Bonchev–Trinajstić information content (AvgIpc) is 3.36. The number of Topliss-reactive ketones (excluding diaryl/α,β-unsaturated/α-hetero) is 1. The topological polar surface area (TPSA) is 90.9 Å². The van der Waals surface area contributed by atoms with Gasteiger partial charge in [-0.15, -0.1) is 0 Å². The number of nitrogens with one attached hydrogen (secondary N) is 1. The van der Waals surface area contributed by atoms with Crippen LogP contribution in [0, 0.1) is 11.8 Å². The van der Waals surface area contributed by atoms with Gasteiger partial charge in [0.1, 0.15) is 17.8 Å². The van der Waals surface area contributed by atoms with E-state index in [-0.39, 0.29) is 17.8 Å². The molecule has 0 saturated heterocycles. The highest BCUT2D eigenvalue weighted by Crippen LogP contribution is 2.47. The number of esters is 2. The second-order valence-corrected chi connectivity index (χ2v) is 10.1. The minimum absolute atomic E-state index is 0.116. The maximum Gasteiger partial charge on any atom is 0.337 e. The Labute approximate surface area is 213 Å². The summed E-state index contributed by atoms with van der Waals surface area (Å²) < 4.78 is 17.1. The lowest BCUT2D eigenvalue weighted by molar-refractivity contribution is -0.151. The van der Waals surface area contributed by atoms with Crippen molar-refractivity contribution in [1.29, 1.82) is 0 Å². The van der Waals surface area contributed by atoms with Crippen LogP contribution >= 0.6 is 0 Å². The van der Waals surface area contributed by atoms with Crippen molar-refractivity contribution in [2.45, 2.75) is 77.7 Å². The number of benzene rings is 1. The standard InChI is InChI=1S/C29H37NO6/c1-5-6-15-35-22-14-10-9-13-20(22)25-24(29(33)36-19-11-7-8-12-19)18(3)30-21-16-17(2)23(28(32)34-4)27(31)26(21)25/h9-10,13-14,17,19,23,25,30H,5-8,11-12,15-16H2,1-4H3/t17-,23+,25-/m0/s1. The first-order valence-electron chi connectivity index (χ1n) is 13.1.